The minimum Gasteiger partial charge on any atom is -0.294 e. The molecule has 0 saturated heterocycles. The summed E-state index contributed by atoms with van der Waals surface area (Å²) >= 11 is 12.2. The van der Waals surface area contributed by atoms with Crippen molar-refractivity contribution in [3.05, 3.63) is 58.3 Å². The highest BCUT2D eigenvalue weighted by atomic mass is 35.5. The molecule has 2 aromatic rings. The van der Waals surface area contributed by atoms with E-state index in [9.17, 15) is 4.79 Å². The van der Waals surface area contributed by atoms with E-state index in [1.165, 1.54) is 11.9 Å². The summed E-state index contributed by atoms with van der Waals surface area (Å²) in [5.41, 5.74) is 4.40. The molecule has 0 atom stereocenters. The van der Waals surface area contributed by atoms with Crippen LogP contribution in [0, 0.1) is 0 Å². The molecule has 0 aliphatic heterocycles. The molecule has 0 bridgehead atoms. The number of hydrogen-bond acceptors (Lipinski definition) is 3. The number of nitrogens with zero attached hydrogens (tertiary/aromatic N) is 2. The van der Waals surface area contributed by atoms with Crippen LogP contribution in [0.3, 0.4) is 0 Å². The molecule has 0 spiro atoms. The van der Waals surface area contributed by atoms with Crippen molar-refractivity contribution >= 4 is 34.8 Å². The molecular weight excluding hydrogens is 297 g/mol. The van der Waals surface area contributed by atoms with Gasteiger partial charge in [0.1, 0.15) is 0 Å². The fourth-order valence-corrected chi connectivity index (χ4v) is 2.17. The maximum absolute atomic E-state index is 11.7. The van der Waals surface area contributed by atoms with E-state index in [0.29, 0.717) is 21.3 Å². The maximum Gasteiger partial charge on any atom is 0.238 e. The Morgan fingerprint density at radius 3 is 2.50 bits per heavy atom. The van der Waals surface area contributed by atoms with Crippen molar-refractivity contribution in [3.8, 4) is 0 Å². The average Bonchev–Trinajstić information content (AvgIpc) is 2.42. The van der Waals surface area contributed by atoms with Crippen LogP contribution in [0.1, 0.15) is 12.5 Å². The number of benzene rings is 1. The van der Waals surface area contributed by atoms with Crippen LogP contribution in [0.2, 0.25) is 10.0 Å². The lowest BCUT2D eigenvalue weighted by Crippen LogP contribution is -2.34. The largest absolute Gasteiger partial charge is 0.294 e. The second-order valence-electron chi connectivity index (χ2n) is 4.16. The number of carbonyl (C=O) groups excluding carboxylic acids is 1. The van der Waals surface area contributed by atoms with Gasteiger partial charge in [-0.25, -0.2) is 0 Å². The van der Waals surface area contributed by atoms with Crippen LogP contribution < -0.4 is 5.43 Å². The molecule has 0 unspecified atom stereocenters. The smallest absolute Gasteiger partial charge is 0.238 e. The molecule has 104 valence electrons. The predicted octanol–water partition coefficient (Wildman–Crippen LogP) is 3.76. The number of nitrogens with one attached hydrogen (secondary N) is 1. The zero-order chi connectivity index (χ0) is 14.5. The number of carbonyl (C=O) groups is 1. The molecule has 2 rings (SSSR count). The van der Waals surface area contributed by atoms with Gasteiger partial charge in [0.2, 0.25) is 5.91 Å². The monoisotopic (exact) mass is 309 g/mol. The molecule has 0 radical (unpaired) electrons. The third-order valence-electron chi connectivity index (χ3n) is 2.68. The van der Waals surface area contributed by atoms with Gasteiger partial charge in [0, 0.05) is 28.7 Å². The van der Waals surface area contributed by atoms with Crippen molar-refractivity contribution in [2.24, 2.45) is 0 Å². The topological polar surface area (TPSA) is 45.2 Å². The van der Waals surface area contributed by atoms with Crippen LogP contribution in [0.4, 0.5) is 5.69 Å². The third kappa shape index (κ3) is 3.62. The molecule has 1 amide bonds. The fourth-order valence-electron chi connectivity index (χ4n) is 1.66. The Morgan fingerprint density at radius 2 is 1.95 bits per heavy atom. The first-order valence-electron chi connectivity index (χ1n) is 5.95. The van der Waals surface area contributed by atoms with Gasteiger partial charge in [0.25, 0.3) is 0 Å². The number of rotatable bonds is 4. The van der Waals surface area contributed by atoms with Crippen molar-refractivity contribution < 1.29 is 4.79 Å². The minimum atomic E-state index is -0.148. The summed E-state index contributed by atoms with van der Waals surface area (Å²) in [6.45, 7) is 1.73. The summed E-state index contributed by atoms with van der Waals surface area (Å²) in [7, 11) is 0. The average molecular weight is 310 g/mol. The molecule has 0 saturated carbocycles. The molecule has 1 aromatic heterocycles. The minimum absolute atomic E-state index is 0.148. The molecular formula is C14H13Cl2N3O. The van der Waals surface area contributed by atoms with Gasteiger partial charge >= 0.3 is 0 Å². The van der Waals surface area contributed by atoms with Gasteiger partial charge < -0.3 is 0 Å². The summed E-state index contributed by atoms with van der Waals surface area (Å²) in [6, 6.07) is 8.84. The molecule has 0 fully saturated rings. The standard InChI is InChI=1S/C14H13Cl2N3O/c1-10(20)19(18-11-4-3-7-17-8-11)9-12-13(15)5-2-6-14(12)16/h2-8,18H,9H2,1H3. The number of hydrogen-bond donors (Lipinski definition) is 1. The Labute approximate surface area is 127 Å². The van der Waals surface area contributed by atoms with E-state index in [1.54, 1.807) is 36.7 Å². The van der Waals surface area contributed by atoms with Gasteiger partial charge in [-0.05, 0) is 24.3 Å². The molecule has 20 heavy (non-hydrogen) atoms. The van der Waals surface area contributed by atoms with Gasteiger partial charge in [0.05, 0.1) is 18.4 Å². The number of halogens is 2. The number of anilines is 1. The second-order valence-corrected chi connectivity index (χ2v) is 4.97. The van der Waals surface area contributed by atoms with E-state index >= 15 is 0 Å². The lowest BCUT2D eigenvalue weighted by molar-refractivity contribution is -0.128. The van der Waals surface area contributed by atoms with Crippen molar-refractivity contribution in [1.82, 2.24) is 9.99 Å². The van der Waals surface area contributed by atoms with Crippen LogP contribution in [-0.2, 0) is 11.3 Å². The SMILES string of the molecule is CC(=O)N(Cc1c(Cl)cccc1Cl)Nc1cccnc1. The summed E-state index contributed by atoms with van der Waals surface area (Å²) in [5.74, 6) is -0.148. The van der Waals surface area contributed by atoms with Crippen molar-refractivity contribution in [1.29, 1.82) is 0 Å². The Balaban J connectivity index is 2.20. The van der Waals surface area contributed by atoms with E-state index in [2.05, 4.69) is 10.4 Å². The molecule has 6 heteroatoms. The van der Waals surface area contributed by atoms with Crippen LogP contribution in [0.25, 0.3) is 0 Å². The van der Waals surface area contributed by atoms with Crippen molar-refractivity contribution in [3.63, 3.8) is 0 Å². The number of hydrazine groups is 1. The van der Waals surface area contributed by atoms with Gasteiger partial charge in [-0.2, -0.15) is 0 Å². The molecule has 1 heterocycles. The van der Waals surface area contributed by atoms with Crippen LogP contribution in [-0.4, -0.2) is 15.9 Å². The quantitative estimate of drug-likeness (QED) is 0.875. The Kier molecular flexibility index (Phi) is 4.82. The summed E-state index contributed by atoms with van der Waals surface area (Å²) in [6.07, 6.45) is 3.29. The molecule has 1 aromatic carbocycles. The van der Waals surface area contributed by atoms with Crippen molar-refractivity contribution in [2.75, 3.05) is 5.43 Å². The first-order chi connectivity index (χ1) is 9.58. The van der Waals surface area contributed by atoms with E-state index in [4.69, 9.17) is 23.2 Å². The third-order valence-corrected chi connectivity index (χ3v) is 3.39. The highest BCUT2D eigenvalue weighted by Crippen LogP contribution is 2.25. The molecule has 1 N–H and O–H groups in total. The van der Waals surface area contributed by atoms with Crippen molar-refractivity contribution in [2.45, 2.75) is 13.5 Å². The summed E-state index contributed by atoms with van der Waals surface area (Å²) in [4.78, 5) is 15.7. The normalized spacial score (nSPS) is 10.2. The van der Waals surface area contributed by atoms with Gasteiger partial charge in [-0.3, -0.25) is 20.2 Å². The molecule has 4 nitrogen and oxygen atoms in total. The van der Waals surface area contributed by atoms with E-state index < -0.39 is 0 Å². The predicted molar refractivity (Wildman–Crippen MR) is 80.5 cm³/mol. The highest BCUT2D eigenvalue weighted by Gasteiger charge is 2.14. The second kappa shape index (κ2) is 6.59. The Bertz CT molecular complexity index is 584. The van der Waals surface area contributed by atoms with Crippen LogP contribution >= 0.6 is 23.2 Å². The number of aromatic nitrogens is 1. The Hall–Kier alpha value is -1.78. The maximum atomic E-state index is 11.7. The first-order valence-corrected chi connectivity index (χ1v) is 6.71. The summed E-state index contributed by atoms with van der Waals surface area (Å²) < 4.78 is 0. The first kappa shape index (κ1) is 14.6. The zero-order valence-electron chi connectivity index (χ0n) is 10.8. The van der Waals surface area contributed by atoms with Gasteiger partial charge in [-0.1, -0.05) is 29.3 Å². The van der Waals surface area contributed by atoms with Crippen LogP contribution in [0.5, 0.6) is 0 Å². The zero-order valence-corrected chi connectivity index (χ0v) is 12.3. The fraction of sp³-hybridized carbons (Fsp3) is 0.143. The number of pyridine rings is 1. The highest BCUT2D eigenvalue weighted by molar-refractivity contribution is 6.36. The number of amides is 1. The van der Waals surface area contributed by atoms with E-state index in [1.807, 2.05) is 6.07 Å². The van der Waals surface area contributed by atoms with Gasteiger partial charge in [0.15, 0.2) is 0 Å². The lowest BCUT2D eigenvalue weighted by Gasteiger charge is -2.23. The van der Waals surface area contributed by atoms with E-state index in [-0.39, 0.29) is 12.5 Å². The lowest BCUT2D eigenvalue weighted by atomic mass is 10.2. The molecule has 0 aliphatic carbocycles. The van der Waals surface area contributed by atoms with E-state index in [0.717, 1.165) is 0 Å². The summed E-state index contributed by atoms with van der Waals surface area (Å²) in [5, 5.41) is 2.48. The Morgan fingerprint density at radius 1 is 1.25 bits per heavy atom. The molecule has 0 aliphatic rings. The van der Waals surface area contributed by atoms with Gasteiger partial charge in [-0.15, -0.1) is 0 Å². The van der Waals surface area contributed by atoms with Crippen LogP contribution in [0.15, 0.2) is 42.7 Å².